The molecule has 0 aromatic heterocycles. The van der Waals surface area contributed by atoms with Gasteiger partial charge in [-0.15, -0.1) is 0 Å². The Balaban J connectivity index is 1.84. The maximum Gasteiger partial charge on any atom is 0.338 e. The lowest BCUT2D eigenvalue weighted by atomic mass is 10.1. The molecule has 0 saturated heterocycles. The zero-order chi connectivity index (χ0) is 19.1. The van der Waals surface area contributed by atoms with Gasteiger partial charge in [0.15, 0.2) is 6.61 Å². The highest BCUT2D eigenvalue weighted by atomic mass is 16.5. The summed E-state index contributed by atoms with van der Waals surface area (Å²) < 4.78 is 10.1. The maximum atomic E-state index is 11.9. The highest BCUT2D eigenvalue weighted by molar-refractivity contribution is 5.96. The fourth-order valence-electron chi connectivity index (χ4n) is 2.07. The van der Waals surface area contributed by atoms with E-state index in [2.05, 4.69) is 5.32 Å². The molecule has 2 rings (SSSR count). The molecule has 2 aromatic carbocycles. The van der Waals surface area contributed by atoms with Gasteiger partial charge in [-0.2, -0.15) is 0 Å². The van der Waals surface area contributed by atoms with Crippen molar-refractivity contribution in [3.63, 3.8) is 0 Å². The van der Waals surface area contributed by atoms with Crippen molar-refractivity contribution in [1.29, 1.82) is 0 Å². The number of carbonyl (C=O) groups is 3. The second-order valence-corrected chi connectivity index (χ2v) is 6.02. The van der Waals surface area contributed by atoms with Crippen LogP contribution in [0.2, 0.25) is 0 Å². The van der Waals surface area contributed by atoms with Gasteiger partial charge in [-0.05, 0) is 57.2 Å². The fraction of sp³-hybridized carbons (Fsp3) is 0.250. The summed E-state index contributed by atoms with van der Waals surface area (Å²) in [4.78, 5) is 35.5. The van der Waals surface area contributed by atoms with Crippen LogP contribution in [0.15, 0.2) is 48.5 Å². The first kappa shape index (κ1) is 19.2. The van der Waals surface area contributed by atoms with Crippen molar-refractivity contribution < 1.29 is 23.9 Å². The Bertz CT molecular complexity index is 779. The van der Waals surface area contributed by atoms with Gasteiger partial charge in [-0.3, -0.25) is 4.79 Å². The molecule has 6 heteroatoms. The van der Waals surface area contributed by atoms with Gasteiger partial charge in [-0.1, -0.05) is 17.7 Å². The standard InChI is InChI=1S/C20H21NO5/c1-13(2)26-20(24)16-8-10-17(11-9-16)21-18(22)12-25-19(23)15-6-4-14(3)5-7-15/h4-11,13H,12H2,1-3H3,(H,21,22). The van der Waals surface area contributed by atoms with Crippen LogP contribution < -0.4 is 5.32 Å². The van der Waals surface area contributed by atoms with Crippen molar-refractivity contribution in [3.05, 3.63) is 65.2 Å². The molecule has 0 saturated carbocycles. The largest absolute Gasteiger partial charge is 0.459 e. The predicted molar refractivity (Wildman–Crippen MR) is 97.1 cm³/mol. The first-order valence-corrected chi connectivity index (χ1v) is 8.20. The molecule has 0 aliphatic heterocycles. The van der Waals surface area contributed by atoms with Crippen LogP contribution >= 0.6 is 0 Å². The third-order valence-electron chi connectivity index (χ3n) is 3.37. The fourth-order valence-corrected chi connectivity index (χ4v) is 2.07. The molecular formula is C20H21NO5. The molecular weight excluding hydrogens is 334 g/mol. The number of benzene rings is 2. The number of carbonyl (C=O) groups excluding carboxylic acids is 3. The summed E-state index contributed by atoms with van der Waals surface area (Å²) in [6.07, 6.45) is -0.204. The van der Waals surface area contributed by atoms with Gasteiger partial charge in [0.25, 0.3) is 5.91 Å². The van der Waals surface area contributed by atoms with E-state index in [1.54, 1.807) is 62.4 Å². The van der Waals surface area contributed by atoms with E-state index in [1.165, 1.54) is 0 Å². The molecule has 26 heavy (non-hydrogen) atoms. The van der Waals surface area contributed by atoms with Gasteiger partial charge in [0.05, 0.1) is 17.2 Å². The van der Waals surface area contributed by atoms with Crippen molar-refractivity contribution in [3.8, 4) is 0 Å². The summed E-state index contributed by atoms with van der Waals surface area (Å²) >= 11 is 0. The predicted octanol–water partition coefficient (Wildman–Crippen LogP) is 3.36. The molecule has 2 aromatic rings. The van der Waals surface area contributed by atoms with E-state index in [9.17, 15) is 14.4 Å². The third-order valence-corrected chi connectivity index (χ3v) is 3.37. The van der Waals surface area contributed by atoms with Crippen LogP contribution in [0.1, 0.15) is 40.1 Å². The van der Waals surface area contributed by atoms with E-state index in [1.807, 2.05) is 6.92 Å². The van der Waals surface area contributed by atoms with E-state index in [0.717, 1.165) is 5.56 Å². The summed E-state index contributed by atoms with van der Waals surface area (Å²) in [6, 6.07) is 13.1. The molecule has 0 fully saturated rings. The molecule has 0 aliphatic rings. The number of hydrogen-bond acceptors (Lipinski definition) is 5. The van der Waals surface area contributed by atoms with Crippen LogP contribution in [0.4, 0.5) is 5.69 Å². The van der Waals surface area contributed by atoms with Gasteiger partial charge < -0.3 is 14.8 Å². The third kappa shape index (κ3) is 5.73. The van der Waals surface area contributed by atoms with Crippen molar-refractivity contribution in [1.82, 2.24) is 0 Å². The van der Waals surface area contributed by atoms with Crippen LogP contribution in [0.5, 0.6) is 0 Å². The van der Waals surface area contributed by atoms with Crippen LogP contribution in [-0.2, 0) is 14.3 Å². The SMILES string of the molecule is Cc1ccc(C(=O)OCC(=O)Nc2ccc(C(=O)OC(C)C)cc2)cc1. The van der Waals surface area contributed by atoms with E-state index >= 15 is 0 Å². The number of nitrogens with one attached hydrogen (secondary N) is 1. The van der Waals surface area contributed by atoms with Crippen molar-refractivity contribution in [2.45, 2.75) is 26.9 Å². The lowest BCUT2D eigenvalue weighted by Gasteiger charge is -2.09. The zero-order valence-electron chi connectivity index (χ0n) is 14.9. The van der Waals surface area contributed by atoms with Gasteiger partial charge >= 0.3 is 11.9 Å². The maximum absolute atomic E-state index is 11.9. The first-order valence-electron chi connectivity index (χ1n) is 8.20. The summed E-state index contributed by atoms with van der Waals surface area (Å²) in [6.45, 7) is 5.05. The Kier molecular flexibility index (Phi) is 6.49. The first-order chi connectivity index (χ1) is 12.3. The molecule has 0 aliphatic carbocycles. The average molecular weight is 355 g/mol. The van der Waals surface area contributed by atoms with Crippen molar-refractivity contribution in [2.24, 2.45) is 0 Å². The minimum Gasteiger partial charge on any atom is -0.459 e. The zero-order valence-corrected chi connectivity index (χ0v) is 14.9. The second kappa shape index (κ2) is 8.80. The molecule has 0 unspecified atom stereocenters. The van der Waals surface area contributed by atoms with E-state index in [0.29, 0.717) is 16.8 Å². The van der Waals surface area contributed by atoms with E-state index in [-0.39, 0.29) is 6.10 Å². The van der Waals surface area contributed by atoms with E-state index in [4.69, 9.17) is 9.47 Å². The molecule has 0 heterocycles. The Morgan fingerprint density at radius 3 is 2.00 bits per heavy atom. The van der Waals surface area contributed by atoms with Gasteiger partial charge in [0.2, 0.25) is 0 Å². The average Bonchev–Trinajstić information content (AvgIpc) is 2.60. The number of amides is 1. The van der Waals surface area contributed by atoms with Crippen molar-refractivity contribution in [2.75, 3.05) is 11.9 Å². The van der Waals surface area contributed by atoms with Gasteiger partial charge in [0.1, 0.15) is 0 Å². The number of rotatable bonds is 6. The van der Waals surface area contributed by atoms with Crippen LogP contribution in [0.3, 0.4) is 0 Å². The Morgan fingerprint density at radius 2 is 1.42 bits per heavy atom. The quantitative estimate of drug-likeness (QED) is 0.804. The molecule has 0 spiro atoms. The Morgan fingerprint density at radius 1 is 0.885 bits per heavy atom. The van der Waals surface area contributed by atoms with Crippen LogP contribution in [0.25, 0.3) is 0 Å². The molecule has 6 nitrogen and oxygen atoms in total. The van der Waals surface area contributed by atoms with Crippen LogP contribution in [-0.4, -0.2) is 30.6 Å². The summed E-state index contributed by atoms with van der Waals surface area (Å²) in [7, 11) is 0. The molecule has 0 bridgehead atoms. The second-order valence-electron chi connectivity index (χ2n) is 6.02. The topological polar surface area (TPSA) is 81.7 Å². The normalized spacial score (nSPS) is 10.3. The summed E-state index contributed by atoms with van der Waals surface area (Å²) in [5.41, 5.74) is 2.29. The molecule has 1 N–H and O–H groups in total. The number of anilines is 1. The monoisotopic (exact) mass is 355 g/mol. The lowest BCUT2D eigenvalue weighted by molar-refractivity contribution is -0.119. The smallest absolute Gasteiger partial charge is 0.338 e. The molecule has 1 amide bonds. The molecule has 136 valence electrons. The highest BCUT2D eigenvalue weighted by Gasteiger charge is 2.12. The minimum atomic E-state index is -0.563. The van der Waals surface area contributed by atoms with E-state index < -0.39 is 24.5 Å². The number of hydrogen-bond donors (Lipinski definition) is 1. The van der Waals surface area contributed by atoms with Crippen LogP contribution in [0, 0.1) is 6.92 Å². The summed E-state index contributed by atoms with van der Waals surface area (Å²) in [5, 5.41) is 2.60. The number of aryl methyl sites for hydroxylation is 1. The summed E-state index contributed by atoms with van der Waals surface area (Å²) in [5.74, 6) is -1.46. The highest BCUT2D eigenvalue weighted by Crippen LogP contribution is 2.11. The van der Waals surface area contributed by atoms with Gasteiger partial charge in [0, 0.05) is 5.69 Å². The lowest BCUT2D eigenvalue weighted by Crippen LogP contribution is -2.21. The van der Waals surface area contributed by atoms with Gasteiger partial charge in [-0.25, -0.2) is 9.59 Å². The molecule has 0 atom stereocenters. The molecule has 0 radical (unpaired) electrons. The minimum absolute atomic E-state index is 0.204. The Hall–Kier alpha value is -3.15. The van der Waals surface area contributed by atoms with Crippen molar-refractivity contribution >= 4 is 23.5 Å². The number of ether oxygens (including phenoxy) is 2. The number of esters is 2. The Labute approximate surface area is 152 Å².